The first kappa shape index (κ1) is 14.4. The van der Waals surface area contributed by atoms with Crippen LogP contribution in [0.2, 0.25) is 5.02 Å². The second kappa shape index (κ2) is 6.45. The first-order chi connectivity index (χ1) is 9.61. The topological polar surface area (TPSA) is 35.8 Å². The van der Waals surface area contributed by atoms with Gasteiger partial charge in [0.05, 0.1) is 16.8 Å². The van der Waals surface area contributed by atoms with Gasteiger partial charge >= 0.3 is 0 Å². The Kier molecular flexibility index (Phi) is 4.65. The summed E-state index contributed by atoms with van der Waals surface area (Å²) in [5, 5.41) is 13.1. The van der Waals surface area contributed by atoms with Gasteiger partial charge in [0, 0.05) is 0 Å². The third-order valence-corrected chi connectivity index (χ3v) is 3.57. The minimum absolute atomic E-state index is 0.406. The van der Waals surface area contributed by atoms with Crippen LogP contribution in [0.15, 0.2) is 48.5 Å². The molecule has 2 aromatic rings. The van der Waals surface area contributed by atoms with E-state index in [0.717, 1.165) is 11.3 Å². The molecular formula is C17H17ClN2. The fourth-order valence-electron chi connectivity index (χ4n) is 2.00. The molecule has 0 fully saturated rings. The summed E-state index contributed by atoms with van der Waals surface area (Å²) in [6.45, 7) is 4.30. The zero-order valence-electron chi connectivity index (χ0n) is 11.6. The van der Waals surface area contributed by atoms with Crippen LogP contribution in [0.4, 0.5) is 5.69 Å². The van der Waals surface area contributed by atoms with Gasteiger partial charge in [-0.25, -0.2) is 0 Å². The second-order valence-electron chi connectivity index (χ2n) is 5.01. The molecule has 0 spiro atoms. The third-order valence-electron chi connectivity index (χ3n) is 3.24. The predicted molar refractivity (Wildman–Crippen MR) is 84.0 cm³/mol. The van der Waals surface area contributed by atoms with E-state index in [1.165, 1.54) is 5.56 Å². The average Bonchev–Trinajstić information content (AvgIpc) is 2.46. The number of hydrogen-bond donors (Lipinski definition) is 1. The number of nitrogens with zero attached hydrogens (tertiary/aromatic N) is 1. The van der Waals surface area contributed by atoms with Crippen molar-refractivity contribution in [3.05, 3.63) is 64.7 Å². The average molecular weight is 285 g/mol. The third kappa shape index (κ3) is 3.31. The van der Waals surface area contributed by atoms with Crippen molar-refractivity contribution < 1.29 is 0 Å². The zero-order chi connectivity index (χ0) is 14.5. The smallest absolute Gasteiger partial charge is 0.140 e. The Balaban J connectivity index is 2.21. The molecule has 0 saturated carbocycles. The molecule has 1 atom stereocenters. The van der Waals surface area contributed by atoms with E-state index in [1.807, 2.05) is 30.3 Å². The van der Waals surface area contributed by atoms with Crippen molar-refractivity contribution in [2.75, 3.05) is 5.32 Å². The van der Waals surface area contributed by atoms with Crippen LogP contribution < -0.4 is 5.32 Å². The number of benzene rings is 2. The molecule has 1 unspecified atom stereocenters. The van der Waals surface area contributed by atoms with Gasteiger partial charge in [-0.05, 0) is 29.2 Å². The number of hydrogen-bond acceptors (Lipinski definition) is 2. The maximum atomic E-state index is 9.35. The number of nitrogens with one attached hydrogen (secondary N) is 1. The van der Waals surface area contributed by atoms with Gasteiger partial charge in [0.2, 0.25) is 0 Å². The van der Waals surface area contributed by atoms with Crippen molar-refractivity contribution in [3.8, 4) is 6.07 Å². The normalized spacial score (nSPS) is 11.9. The number of para-hydroxylation sites is 1. The van der Waals surface area contributed by atoms with E-state index in [0.29, 0.717) is 10.9 Å². The maximum absolute atomic E-state index is 9.35. The lowest BCUT2D eigenvalue weighted by Crippen LogP contribution is -2.08. The van der Waals surface area contributed by atoms with Crippen molar-refractivity contribution in [2.45, 2.75) is 25.8 Å². The number of halogens is 1. The van der Waals surface area contributed by atoms with Crippen LogP contribution in [0, 0.1) is 11.3 Å². The van der Waals surface area contributed by atoms with E-state index in [4.69, 9.17) is 11.6 Å². The zero-order valence-corrected chi connectivity index (χ0v) is 12.4. The molecule has 2 nitrogen and oxygen atoms in total. The summed E-state index contributed by atoms with van der Waals surface area (Å²) in [6.07, 6.45) is 0. The van der Waals surface area contributed by atoms with Gasteiger partial charge in [-0.2, -0.15) is 5.26 Å². The first-order valence-electron chi connectivity index (χ1n) is 6.62. The van der Waals surface area contributed by atoms with Crippen LogP contribution >= 0.6 is 11.6 Å². The number of rotatable bonds is 4. The van der Waals surface area contributed by atoms with Gasteiger partial charge in [0.15, 0.2) is 0 Å². The van der Waals surface area contributed by atoms with Crippen molar-refractivity contribution in [2.24, 2.45) is 0 Å². The Morgan fingerprint density at radius 2 is 1.60 bits per heavy atom. The fourth-order valence-corrected chi connectivity index (χ4v) is 2.19. The van der Waals surface area contributed by atoms with Crippen molar-refractivity contribution >= 4 is 17.3 Å². The minimum Gasteiger partial charge on any atom is -0.365 e. The lowest BCUT2D eigenvalue weighted by molar-refractivity contribution is 0.863. The van der Waals surface area contributed by atoms with E-state index in [2.05, 4.69) is 37.4 Å². The molecule has 20 heavy (non-hydrogen) atoms. The quantitative estimate of drug-likeness (QED) is 0.844. The molecule has 102 valence electrons. The molecule has 2 aromatic carbocycles. The molecular weight excluding hydrogens is 268 g/mol. The van der Waals surface area contributed by atoms with Gasteiger partial charge < -0.3 is 5.32 Å². The largest absolute Gasteiger partial charge is 0.365 e. The highest BCUT2D eigenvalue weighted by Gasteiger charge is 2.12. The Labute approximate surface area is 125 Å². The van der Waals surface area contributed by atoms with E-state index in [-0.39, 0.29) is 0 Å². The summed E-state index contributed by atoms with van der Waals surface area (Å²) in [6, 6.07) is 17.4. The SMILES string of the molecule is CC(C)c1ccc(C(C#N)Nc2ccccc2Cl)cc1. The van der Waals surface area contributed by atoms with Gasteiger partial charge in [0.25, 0.3) is 0 Å². The molecule has 2 rings (SSSR count). The predicted octanol–water partition coefficient (Wildman–Crippen LogP) is 5.14. The molecule has 0 saturated heterocycles. The molecule has 0 aliphatic heterocycles. The number of nitriles is 1. The molecule has 1 N–H and O–H groups in total. The minimum atomic E-state index is -0.406. The second-order valence-corrected chi connectivity index (χ2v) is 5.41. The lowest BCUT2D eigenvalue weighted by Gasteiger charge is -2.15. The lowest BCUT2D eigenvalue weighted by atomic mass is 9.99. The van der Waals surface area contributed by atoms with Gasteiger partial charge in [0.1, 0.15) is 6.04 Å². The van der Waals surface area contributed by atoms with Crippen molar-refractivity contribution in [1.82, 2.24) is 0 Å². The summed E-state index contributed by atoms with van der Waals surface area (Å²) in [4.78, 5) is 0. The van der Waals surface area contributed by atoms with E-state index in [1.54, 1.807) is 6.07 Å². The van der Waals surface area contributed by atoms with Crippen LogP contribution in [0.25, 0.3) is 0 Å². The Morgan fingerprint density at radius 1 is 1.00 bits per heavy atom. The molecule has 0 aromatic heterocycles. The van der Waals surface area contributed by atoms with Gasteiger partial charge in [-0.1, -0.05) is 61.8 Å². The molecule has 3 heteroatoms. The van der Waals surface area contributed by atoms with Crippen LogP contribution in [-0.2, 0) is 0 Å². The van der Waals surface area contributed by atoms with E-state index in [9.17, 15) is 5.26 Å². The van der Waals surface area contributed by atoms with Crippen molar-refractivity contribution in [3.63, 3.8) is 0 Å². The standard InChI is InChI=1S/C17H17ClN2/c1-12(2)13-7-9-14(10-8-13)17(11-19)20-16-6-4-3-5-15(16)18/h3-10,12,17,20H,1-2H3. The fraction of sp³-hybridized carbons (Fsp3) is 0.235. The highest BCUT2D eigenvalue weighted by molar-refractivity contribution is 6.33. The Morgan fingerprint density at radius 3 is 2.15 bits per heavy atom. The van der Waals surface area contributed by atoms with E-state index >= 15 is 0 Å². The summed E-state index contributed by atoms with van der Waals surface area (Å²) >= 11 is 6.11. The Bertz CT molecular complexity index is 612. The summed E-state index contributed by atoms with van der Waals surface area (Å²) < 4.78 is 0. The maximum Gasteiger partial charge on any atom is 0.140 e. The summed E-state index contributed by atoms with van der Waals surface area (Å²) in [5.41, 5.74) is 2.98. The Hall–Kier alpha value is -1.98. The highest BCUT2D eigenvalue weighted by Crippen LogP contribution is 2.26. The summed E-state index contributed by atoms with van der Waals surface area (Å²) in [5.74, 6) is 0.487. The van der Waals surface area contributed by atoms with Crippen LogP contribution in [0.1, 0.15) is 36.9 Å². The van der Waals surface area contributed by atoms with Crippen LogP contribution in [0.5, 0.6) is 0 Å². The highest BCUT2D eigenvalue weighted by atomic mass is 35.5. The first-order valence-corrected chi connectivity index (χ1v) is 7.00. The van der Waals surface area contributed by atoms with Gasteiger partial charge in [-0.15, -0.1) is 0 Å². The molecule has 0 amide bonds. The molecule has 0 bridgehead atoms. The molecule has 0 radical (unpaired) electrons. The molecule has 0 heterocycles. The van der Waals surface area contributed by atoms with E-state index < -0.39 is 6.04 Å². The van der Waals surface area contributed by atoms with Crippen molar-refractivity contribution in [1.29, 1.82) is 5.26 Å². The summed E-state index contributed by atoms with van der Waals surface area (Å²) in [7, 11) is 0. The van der Waals surface area contributed by atoms with Gasteiger partial charge in [-0.3, -0.25) is 0 Å². The molecule has 0 aliphatic carbocycles. The molecule has 0 aliphatic rings. The number of anilines is 1. The van der Waals surface area contributed by atoms with Crippen LogP contribution in [-0.4, -0.2) is 0 Å². The monoisotopic (exact) mass is 284 g/mol. The van der Waals surface area contributed by atoms with Crippen LogP contribution in [0.3, 0.4) is 0 Å².